The van der Waals surface area contributed by atoms with Gasteiger partial charge in [-0.3, -0.25) is 13.6 Å². The molecule has 0 N–H and O–H groups in total. The summed E-state index contributed by atoms with van der Waals surface area (Å²) in [4.78, 5) is 0. The van der Waals surface area contributed by atoms with Crippen LogP contribution >= 0.6 is 42.6 Å². The van der Waals surface area contributed by atoms with Crippen molar-refractivity contribution in [3.63, 3.8) is 0 Å². The van der Waals surface area contributed by atoms with Gasteiger partial charge in [0, 0.05) is 15.1 Å². The van der Waals surface area contributed by atoms with Crippen molar-refractivity contribution in [2.75, 3.05) is 0 Å². The van der Waals surface area contributed by atoms with Crippen LogP contribution in [0.5, 0.6) is 0 Å². The molecule has 152 valence electrons. The molecular formula is C21H18Cl3O4P. The molecule has 0 aliphatic heterocycles. The zero-order valence-corrected chi connectivity index (χ0v) is 18.4. The van der Waals surface area contributed by atoms with E-state index in [2.05, 4.69) is 0 Å². The summed E-state index contributed by atoms with van der Waals surface area (Å²) in [6.45, 7) is -0.119. The second-order valence-electron chi connectivity index (χ2n) is 6.04. The Morgan fingerprint density at radius 1 is 0.552 bits per heavy atom. The summed E-state index contributed by atoms with van der Waals surface area (Å²) in [5, 5.41) is 1.49. The van der Waals surface area contributed by atoms with Gasteiger partial charge in [0.1, 0.15) is 0 Å². The topological polar surface area (TPSA) is 44.8 Å². The van der Waals surface area contributed by atoms with E-state index >= 15 is 0 Å². The van der Waals surface area contributed by atoms with E-state index in [1.54, 1.807) is 54.6 Å². The second-order valence-corrected chi connectivity index (χ2v) is 8.93. The minimum atomic E-state index is -3.95. The van der Waals surface area contributed by atoms with Gasteiger partial charge in [-0.05, 0) is 34.9 Å². The number of phosphoric acid groups is 1. The van der Waals surface area contributed by atoms with Crippen molar-refractivity contribution in [3.05, 3.63) is 105 Å². The first-order valence-corrected chi connectivity index (χ1v) is 11.3. The third kappa shape index (κ3) is 6.56. The van der Waals surface area contributed by atoms with Crippen molar-refractivity contribution in [2.24, 2.45) is 0 Å². The summed E-state index contributed by atoms with van der Waals surface area (Å²) in [6.07, 6.45) is 0. The van der Waals surface area contributed by atoms with Crippen molar-refractivity contribution in [2.45, 2.75) is 19.8 Å². The predicted molar refractivity (Wildman–Crippen MR) is 116 cm³/mol. The molecular weight excluding hydrogens is 454 g/mol. The maximum absolute atomic E-state index is 13.3. The first-order chi connectivity index (χ1) is 14.0. The number of hydrogen-bond donors (Lipinski definition) is 0. The lowest BCUT2D eigenvalue weighted by Gasteiger charge is -2.19. The Labute approximate surface area is 184 Å². The molecule has 29 heavy (non-hydrogen) atoms. The van der Waals surface area contributed by atoms with E-state index in [0.717, 1.165) is 0 Å². The van der Waals surface area contributed by atoms with Gasteiger partial charge < -0.3 is 0 Å². The van der Waals surface area contributed by atoms with Crippen LogP contribution in [-0.4, -0.2) is 0 Å². The average molecular weight is 472 g/mol. The molecule has 3 rings (SSSR count). The molecule has 0 spiro atoms. The number of phosphoric ester groups is 1. The van der Waals surface area contributed by atoms with Crippen LogP contribution < -0.4 is 0 Å². The Morgan fingerprint density at radius 2 is 0.828 bits per heavy atom. The van der Waals surface area contributed by atoms with E-state index in [-0.39, 0.29) is 19.8 Å². The summed E-state index contributed by atoms with van der Waals surface area (Å²) < 4.78 is 30.0. The van der Waals surface area contributed by atoms with Crippen molar-refractivity contribution >= 4 is 42.6 Å². The van der Waals surface area contributed by atoms with Gasteiger partial charge in [0.25, 0.3) is 0 Å². The highest BCUT2D eigenvalue weighted by Crippen LogP contribution is 2.52. The molecule has 0 saturated carbocycles. The van der Waals surface area contributed by atoms with Crippen LogP contribution in [0, 0.1) is 0 Å². The first-order valence-electron chi connectivity index (χ1n) is 8.71. The monoisotopic (exact) mass is 470 g/mol. The molecule has 3 aromatic rings. The number of hydrogen-bond acceptors (Lipinski definition) is 4. The zero-order chi connectivity index (χ0) is 20.7. The normalized spacial score (nSPS) is 11.6. The quantitative estimate of drug-likeness (QED) is 0.300. The summed E-state index contributed by atoms with van der Waals surface area (Å²) in [7, 11) is -3.95. The predicted octanol–water partition coefficient (Wildman–Crippen LogP) is 7.71. The summed E-state index contributed by atoms with van der Waals surface area (Å²) >= 11 is 18.5. The Bertz CT molecular complexity index is 885. The molecule has 0 amide bonds. The van der Waals surface area contributed by atoms with E-state index in [0.29, 0.717) is 31.8 Å². The highest BCUT2D eigenvalue weighted by atomic mass is 35.5. The number of benzene rings is 3. The van der Waals surface area contributed by atoms with Gasteiger partial charge in [0.05, 0.1) is 19.8 Å². The molecule has 3 aromatic carbocycles. The smallest absolute Gasteiger partial charge is 0.282 e. The van der Waals surface area contributed by atoms with E-state index in [4.69, 9.17) is 48.4 Å². The molecule has 0 fully saturated rings. The van der Waals surface area contributed by atoms with Crippen LogP contribution in [0.2, 0.25) is 15.1 Å². The van der Waals surface area contributed by atoms with Gasteiger partial charge in [-0.15, -0.1) is 0 Å². The Hall–Kier alpha value is -1.36. The van der Waals surface area contributed by atoms with Crippen LogP contribution in [0.4, 0.5) is 0 Å². The highest BCUT2D eigenvalue weighted by Gasteiger charge is 2.28. The van der Waals surface area contributed by atoms with Crippen molar-refractivity contribution in [1.29, 1.82) is 0 Å². The van der Waals surface area contributed by atoms with E-state index in [1.165, 1.54) is 0 Å². The van der Waals surface area contributed by atoms with Crippen molar-refractivity contribution in [3.8, 4) is 0 Å². The molecule has 0 unspecified atom stereocenters. The fraction of sp³-hybridized carbons (Fsp3) is 0.143. The van der Waals surface area contributed by atoms with E-state index in [1.807, 2.05) is 18.2 Å². The van der Waals surface area contributed by atoms with Crippen LogP contribution in [0.1, 0.15) is 16.7 Å². The minimum absolute atomic E-state index is 0.0397. The number of rotatable bonds is 9. The standard InChI is InChI=1S/C21H18Cl3O4P/c22-19-10-4-1-7-16(19)13-26-29(25,27-14-17-8-2-5-11-20(17)23)28-15-18-9-3-6-12-21(18)24/h1-12H,13-15H2. The van der Waals surface area contributed by atoms with Gasteiger partial charge in [0.15, 0.2) is 0 Å². The summed E-state index contributed by atoms with van der Waals surface area (Å²) in [6, 6.07) is 21.3. The Kier molecular flexibility index (Phi) is 8.16. The third-order valence-electron chi connectivity index (χ3n) is 4.01. The van der Waals surface area contributed by atoms with Crippen molar-refractivity contribution in [1.82, 2.24) is 0 Å². The van der Waals surface area contributed by atoms with Crippen LogP contribution in [0.25, 0.3) is 0 Å². The molecule has 0 saturated heterocycles. The second kappa shape index (κ2) is 10.6. The van der Waals surface area contributed by atoms with Crippen LogP contribution in [-0.2, 0) is 38.0 Å². The molecule has 0 aromatic heterocycles. The Morgan fingerprint density at radius 3 is 1.10 bits per heavy atom. The lowest BCUT2D eigenvalue weighted by molar-refractivity contribution is 0.0979. The first kappa shape index (κ1) is 22.3. The molecule has 0 radical (unpaired) electrons. The van der Waals surface area contributed by atoms with Gasteiger partial charge in [-0.2, -0.15) is 0 Å². The summed E-state index contributed by atoms with van der Waals surface area (Å²) in [5.41, 5.74) is 1.99. The lowest BCUT2D eigenvalue weighted by Crippen LogP contribution is -2.03. The number of halogens is 3. The fourth-order valence-electron chi connectivity index (χ4n) is 2.40. The lowest BCUT2D eigenvalue weighted by atomic mass is 10.2. The van der Waals surface area contributed by atoms with Crippen LogP contribution in [0.15, 0.2) is 72.8 Å². The van der Waals surface area contributed by atoms with Gasteiger partial charge in [-0.1, -0.05) is 89.4 Å². The SMILES string of the molecule is O=P(OCc1ccccc1Cl)(OCc1ccccc1Cl)OCc1ccccc1Cl. The van der Waals surface area contributed by atoms with E-state index < -0.39 is 7.82 Å². The van der Waals surface area contributed by atoms with E-state index in [9.17, 15) is 4.57 Å². The molecule has 4 nitrogen and oxygen atoms in total. The van der Waals surface area contributed by atoms with Gasteiger partial charge in [0.2, 0.25) is 0 Å². The minimum Gasteiger partial charge on any atom is -0.282 e. The highest BCUT2D eigenvalue weighted by molar-refractivity contribution is 7.48. The molecule has 0 aliphatic carbocycles. The largest absolute Gasteiger partial charge is 0.475 e. The maximum Gasteiger partial charge on any atom is 0.475 e. The molecule has 0 atom stereocenters. The molecule has 0 bridgehead atoms. The molecule has 8 heteroatoms. The Balaban J connectivity index is 1.74. The molecule has 0 aliphatic rings. The summed E-state index contributed by atoms with van der Waals surface area (Å²) in [5.74, 6) is 0. The average Bonchev–Trinajstić information content (AvgIpc) is 2.72. The maximum atomic E-state index is 13.3. The van der Waals surface area contributed by atoms with Gasteiger partial charge in [-0.25, -0.2) is 4.57 Å². The van der Waals surface area contributed by atoms with Crippen LogP contribution in [0.3, 0.4) is 0 Å². The fourth-order valence-corrected chi connectivity index (χ4v) is 4.09. The molecule has 0 heterocycles. The third-order valence-corrected chi connectivity index (χ3v) is 6.45. The van der Waals surface area contributed by atoms with Crippen molar-refractivity contribution < 1.29 is 18.1 Å². The zero-order valence-electron chi connectivity index (χ0n) is 15.3. The van der Waals surface area contributed by atoms with Gasteiger partial charge >= 0.3 is 7.82 Å².